The maximum Gasteiger partial charge on any atom is 0.337 e. The van der Waals surface area contributed by atoms with E-state index in [1.54, 1.807) is 26.3 Å². The molecule has 0 amide bonds. The molecular formula is C17H15N3O5. The largest absolute Gasteiger partial charge is 0.481 e. The summed E-state index contributed by atoms with van der Waals surface area (Å²) in [6.07, 6.45) is 2.88. The number of aromatic nitrogens is 3. The van der Waals surface area contributed by atoms with Crippen LogP contribution in [-0.2, 0) is 6.61 Å². The highest BCUT2D eigenvalue weighted by atomic mass is 16.5. The van der Waals surface area contributed by atoms with Gasteiger partial charge < -0.3 is 19.1 Å². The lowest BCUT2D eigenvalue weighted by molar-refractivity contribution is 0.0696. The first-order valence-corrected chi connectivity index (χ1v) is 7.36. The highest BCUT2D eigenvalue weighted by Crippen LogP contribution is 2.26. The van der Waals surface area contributed by atoms with E-state index in [-0.39, 0.29) is 12.2 Å². The molecule has 0 aliphatic heterocycles. The monoisotopic (exact) mass is 341 g/mol. The maximum absolute atomic E-state index is 10.8. The van der Waals surface area contributed by atoms with Crippen LogP contribution in [0.5, 0.6) is 11.8 Å². The second-order valence-electron chi connectivity index (χ2n) is 5.13. The van der Waals surface area contributed by atoms with Crippen LogP contribution in [0.25, 0.3) is 11.3 Å². The van der Waals surface area contributed by atoms with Gasteiger partial charge in [-0.1, -0.05) is 5.16 Å². The van der Waals surface area contributed by atoms with Crippen LogP contribution < -0.4 is 9.47 Å². The number of aryl methyl sites for hydroxylation is 1. The number of ether oxygens (including phenoxy) is 2. The van der Waals surface area contributed by atoms with Crippen LogP contribution in [0.4, 0.5) is 0 Å². The van der Waals surface area contributed by atoms with E-state index in [0.29, 0.717) is 23.2 Å². The molecule has 128 valence electrons. The summed E-state index contributed by atoms with van der Waals surface area (Å²) in [6.45, 7) is 1.96. The van der Waals surface area contributed by atoms with Gasteiger partial charge in [0.25, 0.3) is 0 Å². The Morgan fingerprint density at radius 2 is 1.92 bits per heavy atom. The molecule has 3 rings (SSSR count). The van der Waals surface area contributed by atoms with Crippen LogP contribution in [0.1, 0.15) is 21.7 Å². The average molecular weight is 341 g/mol. The Labute approximate surface area is 143 Å². The van der Waals surface area contributed by atoms with E-state index in [1.165, 1.54) is 18.3 Å². The standard InChI is InChI=1S/C17H15N3O5/c1-10-13(9-24-15-6-4-12(8-19-15)17(21)22)16(20-25-10)11-3-5-14(23-2)18-7-11/h3-8H,9H2,1-2H3,(H,21,22). The number of pyridine rings is 2. The van der Waals surface area contributed by atoms with E-state index in [4.69, 9.17) is 19.1 Å². The molecule has 0 aliphatic carbocycles. The lowest BCUT2D eigenvalue weighted by Crippen LogP contribution is -2.01. The first-order chi connectivity index (χ1) is 12.1. The molecule has 0 aromatic carbocycles. The number of hydrogen-bond acceptors (Lipinski definition) is 7. The lowest BCUT2D eigenvalue weighted by Gasteiger charge is -2.06. The van der Waals surface area contributed by atoms with Crippen molar-refractivity contribution >= 4 is 5.97 Å². The molecule has 0 unspecified atom stereocenters. The zero-order chi connectivity index (χ0) is 17.8. The van der Waals surface area contributed by atoms with E-state index in [2.05, 4.69) is 15.1 Å². The summed E-state index contributed by atoms with van der Waals surface area (Å²) in [5.41, 5.74) is 2.25. The van der Waals surface area contributed by atoms with Gasteiger partial charge in [-0.15, -0.1) is 0 Å². The summed E-state index contributed by atoms with van der Waals surface area (Å²) in [7, 11) is 1.55. The van der Waals surface area contributed by atoms with Crippen molar-refractivity contribution in [2.45, 2.75) is 13.5 Å². The Morgan fingerprint density at radius 1 is 1.16 bits per heavy atom. The Bertz CT molecular complexity index is 872. The van der Waals surface area contributed by atoms with Crippen LogP contribution in [0.3, 0.4) is 0 Å². The maximum atomic E-state index is 10.8. The van der Waals surface area contributed by atoms with Crippen LogP contribution in [0.2, 0.25) is 0 Å². The molecule has 8 heteroatoms. The Kier molecular flexibility index (Phi) is 4.60. The summed E-state index contributed by atoms with van der Waals surface area (Å²) in [5.74, 6) is 0.394. The van der Waals surface area contributed by atoms with Crippen LogP contribution in [0.15, 0.2) is 41.2 Å². The van der Waals surface area contributed by atoms with E-state index >= 15 is 0 Å². The van der Waals surface area contributed by atoms with Crippen molar-refractivity contribution in [2.24, 2.45) is 0 Å². The quantitative estimate of drug-likeness (QED) is 0.729. The first-order valence-electron chi connectivity index (χ1n) is 7.36. The second kappa shape index (κ2) is 7.00. The molecule has 0 radical (unpaired) electrons. The molecule has 0 saturated carbocycles. The van der Waals surface area contributed by atoms with Crippen molar-refractivity contribution in [1.82, 2.24) is 15.1 Å². The third-order valence-electron chi connectivity index (χ3n) is 3.55. The zero-order valence-corrected chi connectivity index (χ0v) is 13.6. The fourth-order valence-electron chi connectivity index (χ4n) is 2.17. The summed E-state index contributed by atoms with van der Waals surface area (Å²) in [6, 6.07) is 6.49. The second-order valence-corrected chi connectivity index (χ2v) is 5.13. The molecule has 0 bridgehead atoms. The topological polar surface area (TPSA) is 108 Å². The van der Waals surface area contributed by atoms with Gasteiger partial charge in [0.2, 0.25) is 11.8 Å². The number of carboxylic acids is 1. The lowest BCUT2D eigenvalue weighted by atomic mass is 10.1. The summed E-state index contributed by atoms with van der Waals surface area (Å²) in [5, 5.41) is 12.9. The van der Waals surface area contributed by atoms with Crippen LogP contribution in [0, 0.1) is 6.92 Å². The Balaban J connectivity index is 1.78. The summed E-state index contributed by atoms with van der Waals surface area (Å²) in [4.78, 5) is 19.0. The normalized spacial score (nSPS) is 10.5. The van der Waals surface area contributed by atoms with Gasteiger partial charge in [-0.25, -0.2) is 14.8 Å². The van der Waals surface area contributed by atoms with Gasteiger partial charge in [-0.2, -0.15) is 0 Å². The molecule has 0 saturated heterocycles. The molecule has 3 heterocycles. The van der Waals surface area contributed by atoms with Crippen molar-refractivity contribution in [3.05, 3.63) is 53.5 Å². The van der Waals surface area contributed by atoms with Crippen LogP contribution in [-0.4, -0.2) is 33.3 Å². The number of carbonyl (C=O) groups is 1. The fourth-order valence-corrected chi connectivity index (χ4v) is 2.17. The first kappa shape index (κ1) is 16.4. The van der Waals surface area contributed by atoms with Gasteiger partial charge in [0, 0.05) is 30.1 Å². The highest BCUT2D eigenvalue weighted by molar-refractivity contribution is 5.87. The molecule has 0 aliphatic rings. The van der Waals surface area contributed by atoms with Gasteiger partial charge in [-0.3, -0.25) is 0 Å². The number of hydrogen-bond donors (Lipinski definition) is 1. The molecule has 0 spiro atoms. The van der Waals surface area contributed by atoms with Crippen molar-refractivity contribution in [3.63, 3.8) is 0 Å². The van der Waals surface area contributed by atoms with Gasteiger partial charge in [0.15, 0.2) is 0 Å². The van der Waals surface area contributed by atoms with Crippen LogP contribution >= 0.6 is 0 Å². The number of nitrogens with zero attached hydrogens (tertiary/aromatic N) is 3. The van der Waals surface area contributed by atoms with Crippen molar-refractivity contribution in [2.75, 3.05) is 7.11 Å². The molecule has 1 N–H and O–H groups in total. The number of aromatic carboxylic acids is 1. The Hall–Kier alpha value is -3.42. The van der Waals surface area contributed by atoms with Gasteiger partial charge in [0.05, 0.1) is 18.2 Å². The third kappa shape index (κ3) is 3.57. The van der Waals surface area contributed by atoms with E-state index in [9.17, 15) is 4.79 Å². The predicted octanol–water partition coefficient (Wildman–Crippen LogP) is 2.73. The smallest absolute Gasteiger partial charge is 0.337 e. The fraction of sp³-hybridized carbons (Fsp3) is 0.176. The molecule has 8 nitrogen and oxygen atoms in total. The van der Waals surface area contributed by atoms with E-state index < -0.39 is 5.97 Å². The molecule has 0 atom stereocenters. The molecule has 25 heavy (non-hydrogen) atoms. The minimum Gasteiger partial charge on any atom is -0.481 e. The number of methoxy groups -OCH3 is 1. The van der Waals surface area contributed by atoms with Gasteiger partial charge in [0.1, 0.15) is 18.1 Å². The summed E-state index contributed by atoms with van der Waals surface area (Å²) >= 11 is 0. The highest BCUT2D eigenvalue weighted by Gasteiger charge is 2.16. The molecule has 3 aromatic heterocycles. The van der Waals surface area contributed by atoms with E-state index in [1.807, 2.05) is 6.07 Å². The van der Waals surface area contributed by atoms with Crippen molar-refractivity contribution < 1.29 is 23.9 Å². The Morgan fingerprint density at radius 3 is 2.52 bits per heavy atom. The minimum atomic E-state index is -1.04. The SMILES string of the molecule is COc1ccc(-c2noc(C)c2COc2ccc(C(=O)O)cn2)cn1. The van der Waals surface area contributed by atoms with Crippen molar-refractivity contribution in [3.8, 4) is 23.0 Å². The van der Waals surface area contributed by atoms with Gasteiger partial charge in [-0.05, 0) is 19.1 Å². The minimum absolute atomic E-state index is 0.0958. The number of carboxylic acid groups (broad SMARTS) is 1. The molecule has 3 aromatic rings. The average Bonchev–Trinajstić information content (AvgIpc) is 3.01. The van der Waals surface area contributed by atoms with E-state index in [0.717, 1.165) is 11.1 Å². The van der Waals surface area contributed by atoms with Gasteiger partial charge >= 0.3 is 5.97 Å². The predicted molar refractivity (Wildman–Crippen MR) is 86.6 cm³/mol. The molecular weight excluding hydrogens is 326 g/mol. The molecule has 0 fully saturated rings. The number of rotatable bonds is 6. The van der Waals surface area contributed by atoms with Crippen molar-refractivity contribution in [1.29, 1.82) is 0 Å². The third-order valence-corrected chi connectivity index (χ3v) is 3.55. The zero-order valence-electron chi connectivity index (χ0n) is 13.6. The summed E-state index contributed by atoms with van der Waals surface area (Å²) < 4.78 is 15.9.